The minimum atomic E-state index is -0.558. The number of likely N-dealkylation sites (tertiary alicyclic amines) is 1. The molecule has 7 heteroatoms. The first-order valence-corrected chi connectivity index (χ1v) is 8.75. The standard InChI is InChI=1S/C18H22N4O3/c19-13-5-6-21(10-13)8-11-1-2-12-9-22(18(25)14(12)7-11)15-3-4-16(23)20-17(15)24/h1-2,7,13,15H,3-6,8-10,19H2,(H,20,23,24)/t13-,15?/m1/s1. The van der Waals surface area contributed by atoms with Gasteiger partial charge in [-0.2, -0.15) is 0 Å². The second-order valence-electron chi connectivity index (χ2n) is 7.18. The van der Waals surface area contributed by atoms with Crippen LogP contribution in [0.2, 0.25) is 0 Å². The molecule has 0 saturated carbocycles. The Balaban J connectivity index is 1.50. The van der Waals surface area contributed by atoms with E-state index in [1.165, 1.54) is 0 Å². The Morgan fingerprint density at radius 3 is 2.76 bits per heavy atom. The molecule has 25 heavy (non-hydrogen) atoms. The van der Waals surface area contributed by atoms with Gasteiger partial charge >= 0.3 is 0 Å². The van der Waals surface area contributed by atoms with Gasteiger partial charge in [-0.3, -0.25) is 24.6 Å². The van der Waals surface area contributed by atoms with Crippen LogP contribution in [0.3, 0.4) is 0 Å². The summed E-state index contributed by atoms with van der Waals surface area (Å²) in [5.41, 5.74) is 8.65. The van der Waals surface area contributed by atoms with Crippen molar-refractivity contribution in [2.75, 3.05) is 13.1 Å². The number of hydrogen-bond donors (Lipinski definition) is 2. The van der Waals surface area contributed by atoms with Gasteiger partial charge in [0.2, 0.25) is 11.8 Å². The van der Waals surface area contributed by atoms with Crippen molar-refractivity contribution in [2.24, 2.45) is 5.73 Å². The third-order valence-electron chi connectivity index (χ3n) is 5.31. The summed E-state index contributed by atoms with van der Waals surface area (Å²) in [5.74, 6) is -0.760. The quantitative estimate of drug-likeness (QED) is 0.753. The van der Waals surface area contributed by atoms with Crippen LogP contribution in [0.15, 0.2) is 18.2 Å². The average Bonchev–Trinajstić information content (AvgIpc) is 3.12. The number of rotatable bonds is 3. The first-order valence-electron chi connectivity index (χ1n) is 8.75. The van der Waals surface area contributed by atoms with Crippen LogP contribution >= 0.6 is 0 Å². The van der Waals surface area contributed by atoms with Gasteiger partial charge in [0.1, 0.15) is 6.04 Å². The normalized spacial score (nSPS) is 26.9. The summed E-state index contributed by atoms with van der Waals surface area (Å²) < 4.78 is 0. The molecule has 0 aromatic heterocycles. The summed E-state index contributed by atoms with van der Waals surface area (Å²) in [6.45, 7) is 3.07. The molecule has 3 N–H and O–H groups in total. The lowest BCUT2D eigenvalue weighted by atomic mass is 10.0. The summed E-state index contributed by atoms with van der Waals surface area (Å²) in [7, 11) is 0. The molecule has 2 atom stereocenters. The molecule has 4 rings (SSSR count). The van der Waals surface area contributed by atoms with Gasteiger partial charge in [-0.25, -0.2) is 0 Å². The van der Waals surface area contributed by atoms with Gasteiger partial charge in [-0.05, 0) is 30.0 Å². The fraction of sp³-hybridized carbons (Fsp3) is 0.500. The zero-order valence-corrected chi connectivity index (χ0v) is 14.0. The summed E-state index contributed by atoms with van der Waals surface area (Å²) >= 11 is 0. The van der Waals surface area contributed by atoms with E-state index in [0.717, 1.165) is 37.2 Å². The van der Waals surface area contributed by atoms with Gasteiger partial charge in [0.05, 0.1) is 0 Å². The fourth-order valence-corrected chi connectivity index (χ4v) is 3.96. The maximum absolute atomic E-state index is 12.8. The number of amides is 3. The van der Waals surface area contributed by atoms with Gasteiger partial charge in [0, 0.05) is 44.2 Å². The molecular formula is C18H22N4O3. The van der Waals surface area contributed by atoms with Gasteiger partial charge in [0.25, 0.3) is 5.91 Å². The topological polar surface area (TPSA) is 95.7 Å². The highest BCUT2D eigenvalue weighted by Gasteiger charge is 2.39. The lowest BCUT2D eigenvalue weighted by molar-refractivity contribution is -0.136. The minimum Gasteiger partial charge on any atom is -0.326 e. The van der Waals surface area contributed by atoms with Crippen LogP contribution in [0.25, 0.3) is 0 Å². The summed E-state index contributed by atoms with van der Waals surface area (Å²) in [5, 5.41) is 2.33. The van der Waals surface area contributed by atoms with Crippen LogP contribution in [0.1, 0.15) is 40.7 Å². The monoisotopic (exact) mass is 342 g/mol. The molecule has 0 bridgehead atoms. The third kappa shape index (κ3) is 3.05. The Morgan fingerprint density at radius 2 is 2.04 bits per heavy atom. The SMILES string of the molecule is N[C@@H]1CCN(Cc2ccc3c(c2)C(=O)N(C2CCC(=O)NC2=O)C3)C1. The number of imide groups is 1. The van der Waals surface area contributed by atoms with Crippen LogP contribution in [0.5, 0.6) is 0 Å². The van der Waals surface area contributed by atoms with Crippen molar-refractivity contribution >= 4 is 17.7 Å². The van der Waals surface area contributed by atoms with Crippen LogP contribution in [0, 0.1) is 0 Å². The van der Waals surface area contributed by atoms with E-state index in [-0.39, 0.29) is 30.2 Å². The molecule has 7 nitrogen and oxygen atoms in total. The van der Waals surface area contributed by atoms with Crippen molar-refractivity contribution in [1.82, 2.24) is 15.1 Å². The highest BCUT2D eigenvalue weighted by molar-refractivity contribution is 6.05. The van der Waals surface area contributed by atoms with E-state index >= 15 is 0 Å². The van der Waals surface area contributed by atoms with E-state index in [4.69, 9.17) is 5.73 Å². The number of carbonyl (C=O) groups excluding carboxylic acids is 3. The Morgan fingerprint density at radius 1 is 1.20 bits per heavy atom. The maximum Gasteiger partial charge on any atom is 0.255 e. The number of benzene rings is 1. The Labute approximate surface area is 146 Å². The van der Waals surface area contributed by atoms with E-state index in [0.29, 0.717) is 18.5 Å². The van der Waals surface area contributed by atoms with E-state index in [1.807, 2.05) is 18.2 Å². The second kappa shape index (κ2) is 6.24. The van der Waals surface area contributed by atoms with Crippen molar-refractivity contribution in [3.8, 4) is 0 Å². The van der Waals surface area contributed by atoms with Gasteiger partial charge < -0.3 is 10.6 Å². The summed E-state index contributed by atoms with van der Waals surface area (Å²) in [4.78, 5) is 40.1. The van der Waals surface area contributed by atoms with Crippen molar-refractivity contribution < 1.29 is 14.4 Å². The van der Waals surface area contributed by atoms with Crippen LogP contribution < -0.4 is 11.1 Å². The van der Waals surface area contributed by atoms with Gasteiger partial charge in [-0.1, -0.05) is 12.1 Å². The molecule has 3 aliphatic heterocycles. The Kier molecular flexibility index (Phi) is 4.05. The molecule has 132 valence electrons. The zero-order valence-electron chi connectivity index (χ0n) is 14.0. The Hall–Kier alpha value is -2.25. The number of piperidine rings is 1. The van der Waals surface area contributed by atoms with Crippen LogP contribution in [-0.4, -0.2) is 52.7 Å². The van der Waals surface area contributed by atoms with Crippen molar-refractivity contribution in [2.45, 2.75) is 44.4 Å². The molecule has 1 unspecified atom stereocenters. The molecule has 3 amide bonds. The number of fused-ring (bicyclic) bond motifs is 1. The molecule has 1 aromatic carbocycles. The fourth-order valence-electron chi connectivity index (χ4n) is 3.96. The van der Waals surface area contributed by atoms with E-state index in [1.54, 1.807) is 4.90 Å². The third-order valence-corrected chi connectivity index (χ3v) is 5.31. The molecule has 0 aliphatic carbocycles. The lowest BCUT2D eigenvalue weighted by Gasteiger charge is -2.29. The van der Waals surface area contributed by atoms with E-state index < -0.39 is 6.04 Å². The first kappa shape index (κ1) is 16.2. The molecule has 0 radical (unpaired) electrons. The maximum atomic E-state index is 12.8. The van der Waals surface area contributed by atoms with Crippen LogP contribution in [-0.2, 0) is 22.7 Å². The average molecular weight is 342 g/mol. The molecule has 3 heterocycles. The number of carbonyl (C=O) groups is 3. The van der Waals surface area contributed by atoms with Gasteiger partial charge in [-0.15, -0.1) is 0 Å². The summed E-state index contributed by atoms with van der Waals surface area (Å²) in [6, 6.07) is 5.64. The number of hydrogen-bond acceptors (Lipinski definition) is 5. The highest BCUT2D eigenvalue weighted by Crippen LogP contribution is 2.28. The molecule has 3 aliphatic rings. The molecular weight excluding hydrogens is 320 g/mol. The van der Waals surface area contributed by atoms with Crippen LogP contribution in [0.4, 0.5) is 0 Å². The lowest BCUT2D eigenvalue weighted by Crippen LogP contribution is -2.52. The molecule has 1 aromatic rings. The molecule has 2 fully saturated rings. The van der Waals surface area contributed by atoms with E-state index in [9.17, 15) is 14.4 Å². The van der Waals surface area contributed by atoms with E-state index in [2.05, 4.69) is 10.2 Å². The smallest absolute Gasteiger partial charge is 0.255 e. The second-order valence-corrected chi connectivity index (χ2v) is 7.18. The predicted molar refractivity (Wildman–Crippen MR) is 90.4 cm³/mol. The van der Waals surface area contributed by atoms with Gasteiger partial charge in [0.15, 0.2) is 0 Å². The highest BCUT2D eigenvalue weighted by atomic mass is 16.2. The van der Waals surface area contributed by atoms with Crippen molar-refractivity contribution in [3.05, 3.63) is 34.9 Å². The van der Waals surface area contributed by atoms with Crippen molar-refractivity contribution in [1.29, 1.82) is 0 Å². The minimum absolute atomic E-state index is 0.121. The zero-order chi connectivity index (χ0) is 17.6. The van der Waals surface area contributed by atoms with Crippen molar-refractivity contribution in [3.63, 3.8) is 0 Å². The molecule has 2 saturated heterocycles. The first-order chi connectivity index (χ1) is 12.0. The predicted octanol–water partition coefficient (Wildman–Crippen LogP) is -0.0194. The summed E-state index contributed by atoms with van der Waals surface area (Å²) in [6.07, 6.45) is 1.67. The number of nitrogens with two attached hydrogens (primary N) is 1. The molecule has 0 spiro atoms. The number of nitrogens with zero attached hydrogens (tertiary/aromatic N) is 2. The number of nitrogens with one attached hydrogen (secondary N) is 1. The Bertz CT molecular complexity index is 748. The largest absolute Gasteiger partial charge is 0.326 e.